The van der Waals surface area contributed by atoms with E-state index in [0.29, 0.717) is 10.7 Å². The lowest BCUT2D eigenvalue weighted by atomic mass is 10.2. The average molecular weight is 424 g/mol. The molecule has 8 nitrogen and oxygen atoms in total. The van der Waals surface area contributed by atoms with Gasteiger partial charge in [0, 0.05) is 22.7 Å². The maximum atomic E-state index is 12.2. The number of primary amides is 1. The van der Waals surface area contributed by atoms with Crippen LogP contribution in [0.3, 0.4) is 0 Å². The summed E-state index contributed by atoms with van der Waals surface area (Å²) < 4.78 is 24.5. The first-order chi connectivity index (χ1) is 13.2. The molecule has 0 radical (unpaired) electrons. The van der Waals surface area contributed by atoms with E-state index >= 15 is 0 Å². The number of amides is 3. The van der Waals surface area contributed by atoms with Crippen molar-refractivity contribution in [2.24, 2.45) is 5.73 Å². The molecule has 0 aliphatic carbocycles. The largest absolute Gasteiger partial charge is 0.368 e. The zero-order chi connectivity index (χ0) is 20.7. The van der Waals surface area contributed by atoms with Crippen LogP contribution in [-0.2, 0) is 19.4 Å². The van der Waals surface area contributed by atoms with Crippen molar-refractivity contribution in [2.45, 2.75) is 11.3 Å². The monoisotopic (exact) mass is 423 g/mol. The Kier molecular flexibility index (Phi) is 7.13. The van der Waals surface area contributed by atoms with E-state index in [0.717, 1.165) is 0 Å². The van der Waals surface area contributed by atoms with Gasteiger partial charge in [0.1, 0.15) is 0 Å². The second kappa shape index (κ2) is 9.34. The maximum absolute atomic E-state index is 12.2. The highest BCUT2D eigenvalue weighted by Gasteiger charge is 2.16. The third kappa shape index (κ3) is 6.36. The molecule has 0 heterocycles. The molecule has 3 amide bonds. The fourth-order valence-electron chi connectivity index (χ4n) is 2.18. The van der Waals surface area contributed by atoms with Crippen LogP contribution in [0, 0.1) is 0 Å². The minimum absolute atomic E-state index is 0.0935. The summed E-state index contributed by atoms with van der Waals surface area (Å²) in [7, 11) is -3.61. The van der Waals surface area contributed by atoms with Gasteiger partial charge in [-0.1, -0.05) is 11.6 Å². The molecule has 148 valence electrons. The number of nitrogens with one attached hydrogen (secondary N) is 2. The number of nitrogens with two attached hydrogens (primary N) is 1. The smallest absolute Gasteiger partial charge is 0.251 e. The second-order valence-electron chi connectivity index (χ2n) is 5.80. The Labute approximate surface area is 167 Å². The van der Waals surface area contributed by atoms with Crippen LogP contribution in [0.1, 0.15) is 16.8 Å². The van der Waals surface area contributed by atoms with Crippen LogP contribution < -0.4 is 16.4 Å². The lowest BCUT2D eigenvalue weighted by molar-refractivity contribution is -0.117. The molecule has 2 rings (SSSR count). The van der Waals surface area contributed by atoms with Crippen molar-refractivity contribution in [3.8, 4) is 0 Å². The number of anilines is 1. The van der Waals surface area contributed by atoms with E-state index in [1.807, 2.05) is 0 Å². The Morgan fingerprint density at radius 1 is 0.964 bits per heavy atom. The van der Waals surface area contributed by atoms with Gasteiger partial charge in [0.05, 0.1) is 17.2 Å². The Balaban J connectivity index is 1.89. The topological polar surface area (TPSA) is 135 Å². The number of sulfone groups is 1. The Bertz CT molecular complexity index is 973. The Morgan fingerprint density at radius 3 is 2.14 bits per heavy atom. The highest BCUT2D eigenvalue weighted by atomic mass is 35.5. The Hall–Kier alpha value is -2.91. The first kappa shape index (κ1) is 21.4. The molecular weight excluding hydrogens is 406 g/mol. The van der Waals surface area contributed by atoms with Gasteiger partial charge in [-0.05, 0) is 48.5 Å². The molecule has 4 N–H and O–H groups in total. The summed E-state index contributed by atoms with van der Waals surface area (Å²) in [5.41, 5.74) is 5.64. The third-order valence-corrected chi connectivity index (χ3v) is 5.61. The summed E-state index contributed by atoms with van der Waals surface area (Å²) in [5, 5.41) is 5.32. The van der Waals surface area contributed by atoms with Gasteiger partial charge >= 0.3 is 0 Å². The predicted octanol–water partition coefficient (Wildman–Crippen LogP) is 1.36. The molecule has 2 aromatic carbocycles. The third-order valence-electron chi connectivity index (χ3n) is 3.62. The molecule has 0 atom stereocenters. The van der Waals surface area contributed by atoms with E-state index in [-0.39, 0.29) is 29.2 Å². The van der Waals surface area contributed by atoms with Crippen molar-refractivity contribution in [3.05, 3.63) is 59.1 Å². The number of carbonyl (C=O) groups excluding carboxylic acids is 3. The van der Waals surface area contributed by atoms with Crippen molar-refractivity contribution < 1.29 is 22.8 Å². The normalized spacial score (nSPS) is 10.9. The molecule has 0 aliphatic rings. The van der Waals surface area contributed by atoms with Gasteiger partial charge in [0.25, 0.3) is 5.91 Å². The number of halogens is 1. The SMILES string of the molecule is NC(=O)CNC(=O)c1ccc(NC(=O)CCS(=O)(=O)c2ccc(Cl)cc2)cc1. The van der Waals surface area contributed by atoms with Crippen LogP contribution >= 0.6 is 11.6 Å². The number of hydrogen-bond acceptors (Lipinski definition) is 5. The van der Waals surface area contributed by atoms with E-state index in [1.165, 1.54) is 48.5 Å². The van der Waals surface area contributed by atoms with Gasteiger partial charge in [-0.3, -0.25) is 14.4 Å². The number of carbonyl (C=O) groups is 3. The van der Waals surface area contributed by atoms with Gasteiger partial charge in [-0.25, -0.2) is 8.42 Å². The number of benzene rings is 2. The molecule has 0 aromatic heterocycles. The molecule has 28 heavy (non-hydrogen) atoms. The molecule has 10 heteroatoms. The summed E-state index contributed by atoms with van der Waals surface area (Å²) in [6.45, 7) is -0.278. The minimum Gasteiger partial charge on any atom is -0.368 e. The average Bonchev–Trinajstić information content (AvgIpc) is 2.65. The first-order valence-corrected chi connectivity index (χ1v) is 10.1. The van der Waals surface area contributed by atoms with Crippen molar-refractivity contribution in [1.82, 2.24) is 5.32 Å². The van der Waals surface area contributed by atoms with Crippen LogP contribution in [0.25, 0.3) is 0 Å². The fraction of sp³-hybridized carbons (Fsp3) is 0.167. The van der Waals surface area contributed by atoms with Gasteiger partial charge in [-0.15, -0.1) is 0 Å². The highest BCUT2D eigenvalue weighted by molar-refractivity contribution is 7.91. The van der Waals surface area contributed by atoms with Crippen molar-refractivity contribution >= 4 is 44.8 Å². The summed E-state index contributed by atoms with van der Waals surface area (Å²) in [5.74, 6) is -1.98. The van der Waals surface area contributed by atoms with E-state index in [4.69, 9.17) is 17.3 Å². The van der Waals surface area contributed by atoms with Crippen LogP contribution in [0.15, 0.2) is 53.4 Å². The van der Waals surface area contributed by atoms with Gasteiger partial charge in [0.15, 0.2) is 9.84 Å². The maximum Gasteiger partial charge on any atom is 0.251 e. The summed E-state index contributed by atoms with van der Waals surface area (Å²) in [6, 6.07) is 11.6. The van der Waals surface area contributed by atoms with Gasteiger partial charge < -0.3 is 16.4 Å². The quantitative estimate of drug-likeness (QED) is 0.589. The zero-order valence-corrected chi connectivity index (χ0v) is 16.2. The Morgan fingerprint density at radius 2 is 1.57 bits per heavy atom. The van der Waals surface area contributed by atoms with Crippen LogP contribution in [-0.4, -0.2) is 38.4 Å². The lowest BCUT2D eigenvalue weighted by Gasteiger charge is -2.08. The van der Waals surface area contributed by atoms with E-state index < -0.39 is 27.6 Å². The van der Waals surface area contributed by atoms with Crippen LogP contribution in [0.2, 0.25) is 5.02 Å². The highest BCUT2D eigenvalue weighted by Crippen LogP contribution is 2.16. The van der Waals surface area contributed by atoms with Crippen molar-refractivity contribution in [1.29, 1.82) is 0 Å². The van der Waals surface area contributed by atoms with Crippen molar-refractivity contribution in [3.63, 3.8) is 0 Å². The zero-order valence-electron chi connectivity index (χ0n) is 14.6. The fourth-order valence-corrected chi connectivity index (χ4v) is 3.55. The lowest BCUT2D eigenvalue weighted by Crippen LogP contribution is -2.33. The molecule has 0 aliphatic heterocycles. The standard InChI is InChI=1S/C18H18ClN3O5S/c19-13-3-7-15(8-4-13)28(26,27)10-9-17(24)22-14-5-1-12(2-6-14)18(25)21-11-16(20)23/h1-8H,9-11H2,(H2,20,23)(H,21,25)(H,22,24). The molecule has 0 saturated heterocycles. The summed E-state index contributed by atoms with van der Waals surface area (Å²) in [4.78, 5) is 34.5. The molecular formula is C18H18ClN3O5S. The predicted molar refractivity (Wildman–Crippen MR) is 105 cm³/mol. The molecule has 0 bridgehead atoms. The molecule has 0 fully saturated rings. The van der Waals surface area contributed by atoms with E-state index in [2.05, 4.69) is 10.6 Å². The molecule has 0 unspecified atom stereocenters. The van der Waals surface area contributed by atoms with Crippen molar-refractivity contribution in [2.75, 3.05) is 17.6 Å². The minimum atomic E-state index is -3.61. The second-order valence-corrected chi connectivity index (χ2v) is 8.34. The number of hydrogen-bond donors (Lipinski definition) is 3. The molecule has 0 spiro atoms. The van der Waals surface area contributed by atoms with Crippen LogP contribution in [0.4, 0.5) is 5.69 Å². The molecule has 0 saturated carbocycles. The molecule has 2 aromatic rings. The van der Waals surface area contributed by atoms with E-state index in [1.54, 1.807) is 0 Å². The van der Waals surface area contributed by atoms with Crippen LogP contribution in [0.5, 0.6) is 0 Å². The number of rotatable bonds is 8. The van der Waals surface area contributed by atoms with Gasteiger partial charge in [0.2, 0.25) is 11.8 Å². The summed E-state index contributed by atoms with van der Waals surface area (Å²) in [6.07, 6.45) is -0.230. The first-order valence-electron chi connectivity index (χ1n) is 8.12. The summed E-state index contributed by atoms with van der Waals surface area (Å²) >= 11 is 5.74. The van der Waals surface area contributed by atoms with Gasteiger partial charge in [-0.2, -0.15) is 0 Å². The van der Waals surface area contributed by atoms with E-state index in [9.17, 15) is 22.8 Å².